The second-order valence-electron chi connectivity index (χ2n) is 4.59. The molecule has 1 amide bonds. The number of nitrogens with one attached hydrogen (secondary N) is 1. The highest BCUT2D eigenvalue weighted by Gasteiger charge is 2.37. The Balaban J connectivity index is 2.06. The van der Waals surface area contributed by atoms with Crippen molar-refractivity contribution in [3.63, 3.8) is 0 Å². The van der Waals surface area contributed by atoms with E-state index in [-0.39, 0.29) is 17.2 Å². The summed E-state index contributed by atoms with van der Waals surface area (Å²) in [5.74, 6) is -0.350. The van der Waals surface area contributed by atoms with Gasteiger partial charge >= 0.3 is 0 Å². The van der Waals surface area contributed by atoms with Crippen molar-refractivity contribution in [2.24, 2.45) is 0 Å². The van der Waals surface area contributed by atoms with Crippen LogP contribution in [0.1, 0.15) is 35.5 Å². The molecule has 100 valence electrons. The molecule has 4 rings (SSSR count). The lowest BCUT2D eigenvalue weighted by molar-refractivity contribution is 0.102. The number of nitrogens with zero attached hydrogens (tertiary/aromatic N) is 3. The summed E-state index contributed by atoms with van der Waals surface area (Å²) < 4.78 is 40.6. The van der Waals surface area contributed by atoms with Gasteiger partial charge in [0.25, 0.3) is 5.91 Å². The Kier molecular flexibility index (Phi) is 1.49. The number of hydrogen-bond donors (Lipinski definition) is 1. The molecule has 0 unspecified atom stereocenters. The van der Waals surface area contributed by atoms with Gasteiger partial charge in [-0.05, 0) is 43.4 Å². The van der Waals surface area contributed by atoms with Crippen LogP contribution in [-0.2, 0) is 0 Å². The summed E-state index contributed by atoms with van der Waals surface area (Å²) in [5, 5.41) is 2.72. The van der Waals surface area contributed by atoms with Gasteiger partial charge in [-0.1, -0.05) is 0 Å². The minimum absolute atomic E-state index is 0.0112. The first kappa shape index (κ1) is 7.38. The molecule has 1 aliphatic carbocycles. The molecule has 3 heterocycles. The van der Waals surface area contributed by atoms with E-state index < -0.39 is 24.7 Å². The highest BCUT2D eigenvalue weighted by molar-refractivity contribution is 6.11. The number of pyridine rings is 2. The summed E-state index contributed by atoms with van der Waals surface area (Å²) in [6.45, 7) is 1.75. The summed E-state index contributed by atoms with van der Waals surface area (Å²) in [5.41, 5.74) is 1.11. The summed E-state index contributed by atoms with van der Waals surface area (Å²) in [7, 11) is 0. The first-order valence-electron chi connectivity index (χ1n) is 8.67. The van der Waals surface area contributed by atoms with E-state index in [1.54, 1.807) is 19.1 Å². The van der Waals surface area contributed by atoms with Crippen molar-refractivity contribution in [1.29, 1.82) is 0 Å². The van der Waals surface area contributed by atoms with E-state index in [4.69, 9.17) is 6.85 Å². The number of amides is 1. The SMILES string of the molecule is [2H]C1([2H])C([2H])([2H])C1([2H])N1c2ncccc2C(=O)Nc2c(C)ccnc21. The van der Waals surface area contributed by atoms with Crippen molar-refractivity contribution in [3.8, 4) is 0 Å². The predicted molar refractivity (Wildman–Crippen MR) is 76.3 cm³/mol. The average Bonchev–Trinajstić information content (AvgIpc) is 2.94. The molecule has 2 aromatic rings. The lowest BCUT2D eigenvalue weighted by atomic mass is 10.2. The number of rotatable bonds is 1. The summed E-state index contributed by atoms with van der Waals surface area (Å²) in [6.07, 6.45) is -2.05. The predicted octanol–water partition coefficient (Wildman–Crippen LogP) is 2.65. The number of hydrogen-bond acceptors (Lipinski definition) is 4. The quantitative estimate of drug-likeness (QED) is 0.866. The molecule has 1 saturated carbocycles. The molecule has 0 saturated heterocycles. The van der Waals surface area contributed by atoms with Crippen LogP contribution in [0.2, 0.25) is 0 Å². The molecule has 2 aliphatic rings. The highest BCUT2D eigenvalue weighted by atomic mass is 16.1. The first-order chi connectivity index (χ1) is 11.6. The molecule has 2 aromatic heterocycles. The van der Waals surface area contributed by atoms with Gasteiger partial charge in [0.1, 0.15) is 5.82 Å². The zero-order valence-electron chi connectivity index (χ0n) is 15.6. The van der Waals surface area contributed by atoms with Gasteiger partial charge in [-0.15, -0.1) is 0 Å². The molecular formula is C15H14N4O. The third kappa shape index (κ3) is 1.59. The monoisotopic (exact) mass is 271 g/mol. The van der Waals surface area contributed by atoms with Gasteiger partial charge in [0, 0.05) is 23.9 Å². The molecule has 0 aromatic carbocycles. The van der Waals surface area contributed by atoms with Crippen LogP contribution < -0.4 is 10.2 Å². The molecular weight excluding hydrogens is 252 g/mol. The third-order valence-electron chi connectivity index (χ3n) is 3.29. The van der Waals surface area contributed by atoms with Gasteiger partial charge in [0.05, 0.1) is 12.6 Å². The zero-order valence-corrected chi connectivity index (χ0v) is 10.6. The molecule has 5 heteroatoms. The van der Waals surface area contributed by atoms with Crippen LogP contribution in [0, 0.1) is 6.92 Å². The molecule has 5 nitrogen and oxygen atoms in total. The number of carbonyl (C=O) groups is 1. The lowest BCUT2D eigenvalue weighted by Crippen LogP contribution is -2.22. The standard InChI is InChI=1S/C15H14N4O/c1-9-6-8-17-14-12(9)18-15(20)11-3-2-7-16-13(11)19(14)10-4-5-10/h2-3,6-8,10H,4-5H2,1H3,(H,18,20)/i4D2,5D2,10D. The topological polar surface area (TPSA) is 58.1 Å². The fourth-order valence-electron chi connectivity index (χ4n) is 2.25. The minimum Gasteiger partial charge on any atom is -0.318 e. The van der Waals surface area contributed by atoms with Crippen molar-refractivity contribution in [2.45, 2.75) is 25.7 Å². The Morgan fingerprint density at radius 2 is 2.15 bits per heavy atom. The normalized spacial score (nSPS) is 27.4. The number of fused-ring (bicyclic) bond motifs is 2. The van der Waals surface area contributed by atoms with Gasteiger partial charge in [-0.25, -0.2) is 9.97 Å². The number of carbonyl (C=O) groups excluding carboxylic acids is 1. The second-order valence-corrected chi connectivity index (χ2v) is 4.59. The van der Waals surface area contributed by atoms with Crippen molar-refractivity contribution >= 4 is 23.2 Å². The van der Waals surface area contributed by atoms with Crippen LogP contribution in [0.5, 0.6) is 0 Å². The highest BCUT2D eigenvalue weighted by Crippen LogP contribution is 2.43. The van der Waals surface area contributed by atoms with Crippen LogP contribution >= 0.6 is 0 Å². The van der Waals surface area contributed by atoms with Gasteiger partial charge < -0.3 is 10.2 Å². The van der Waals surface area contributed by atoms with Crippen LogP contribution in [0.15, 0.2) is 30.6 Å². The number of aromatic nitrogens is 2. The zero-order chi connectivity index (χ0) is 18.2. The number of aryl methyl sites for hydroxylation is 1. The van der Waals surface area contributed by atoms with Gasteiger partial charge in [0.2, 0.25) is 0 Å². The maximum Gasteiger partial charge on any atom is 0.259 e. The maximum absolute atomic E-state index is 12.6. The fraction of sp³-hybridized carbons (Fsp3) is 0.267. The number of anilines is 3. The van der Waals surface area contributed by atoms with Crippen molar-refractivity contribution in [2.75, 3.05) is 10.2 Å². The Hall–Kier alpha value is -2.43. The molecule has 1 aliphatic heterocycles. The van der Waals surface area contributed by atoms with E-state index in [0.717, 1.165) is 4.90 Å². The van der Waals surface area contributed by atoms with Gasteiger partial charge in [-0.2, -0.15) is 0 Å². The molecule has 0 spiro atoms. The molecule has 0 radical (unpaired) electrons. The van der Waals surface area contributed by atoms with Crippen molar-refractivity contribution in [3.05, 3.63) is 41.7 Å². The first-order valence-corrected chi connectivity index (χ1v) is 6.17. The largest absolute Gasteiger partial charge is 0.318 e. The summed E-state index contributed by atoms with van der Waals surface area (Å²) in [4.78, 5) is 22.0. The van der Waals surface area contributed by atoms with Crippen molar-refractivity contribution < 1.29 is 11.6 Å². The summed E-state index contributed by atoms with van der Waals surface area (Å²) in [6, 6.07) is 2.43. The lowest BCUT2D eigenvalue weighted by Gasteiger charge is -2.23. The van der Waals surface area contributed by atoms with Crippen molar-refractivity contribution in [1.82, 2.24) is 9.97 Å². The molecule has 0 atom stereocenters. The van der Waals surface area contributed by atoms with Crippen LogP contribution in [0.25, 0.3) is 0 Å². The van der Waals surface area contributed by atoms with E-state index in [0.29, 0.717) is 11.3 Å². The minimum atomic E-state index is -2.47. The van der Waals surface area contributed by atoms with E-state index in [2.05, 4.69) is 15.3 Å². The smallest absolute Gasteiger partial charge is 0.259 e. The van der Waals surface area contributed by atoms with Crippen LogP contribution in [0.4, 0.5) is 17.3 Å². The van der Waals surface area contributed by atoms with E-state index in [9.17, 15) is 4.79 Å². The van der Waals surface area contributed by atoms with Crippen LogP contribution in [0.3, 0.4) is 0 Å². The van der Waals surface area contributed by atoms with E-state index in [1.807, 2.05) is 0 Å². The van der Waals surface area contributed by atoms with Crippen LogP contribution in [-0.4, -0.2) is 21.9 Å². The third-order valence-corrected chi connectivity index (χ3v) is 3.29. The Morgan fingerprint density at radius 3 is 2.95 bits per heavy atom. The van der Waals surface area contributed by atoms with Gasteiger partial charge in [0.15, 0.2) is 5.82 Å². The molecule has 1 N–H and O–H groups in total. The van der Waals surface area contributed by atoms with E-state index >= 15 is 0 Å². The Labute approximate surface area is 123 Å². The Morgan fingerprint density at radius 1 is 1.35 bits per heavy atom. The fourth-order valence-corrected chi connectivity index (χ4v) is 2.25. The molecule has 0 bridgehead atoms. The van der Waals surface area contributed by atoms with Gasteiger partial charge in [-0.3, -0.25) is 4.79 Å². The summed E-state index contributed by atoms with van der Waals surface area (Å²) >= 11 is 0. The van der Waals surface area contributed by atoms with E-state index in [1.165, 1.54) is 18.5 Å². The Bertz CT molecular complexity index is 903. The second kappa shape index (κ2) is 4.03. The average molecular weight is 271 g/mol. The maximum atomic E-state index is 12.6. The molecule has 1 fully saturated rings. The molecule has 20 heavy (non-hydrogen) atoms.